The number of nitrogens with one attached hydrogen (secondary N) is 2. The third-order valence-electron chi connectivity index (χ3n) is 3.40. The van der Waals surface area contributed by atoms with Crippen molar-refractivity contribution in [3.63, 3.8) is 0 Å². The van der Waals surface area contributed by atoms with E-state index in [1.54, 1.807) is 0 Å². The Morgan fingerprint density at radius 1 is 1.38 bits per heavy atom. The number of rotatable bonds is 7. The van der Waals surface area contributed by atoms with Crippen molar-refractivity contribution >= 4 is 23.3 Å². The number of halogens is 1. The summed E-state index contributed by atoms with van der Waals surface area (Å²) in [5.74, 6) is 2.53. The van der Waals surface area contributed by atoms with Crippen LogP contribution >= 0.6 is 11.6 Å². The van der Waals surface area contributed by atoms with Crippen LogP contribution in [-0.2, 0) is 4.79 Å². The Kier molecular flexibility index (Phi) is 5.39. The highest BCUT2D eigenvalue weighted by Gasteiger charge is 2.27. The number of carbonyl (C=O) groups excluding carboxylic acids is 1. The van der Waals surface area contributed by atoms with Crippen LogP contribution in [0, 0.1) is 12.8 Å². The van der Waals surface area contributed by atoms with Gasteiger partial charge in [-0.2, -0.15) is 0 Å². The first-order chi connectivity index (χ1) is 9.97. The predicted molar refractivity (Wildman–Crippen MR) is 84.7 cm³/mol. The monoisotopic (exact) mass is 310 g/mol. The lowest BCUT2D eigenvalue weighted by Gasteiger charge is -2.12. The summed E-state index contributed by atoms with van der Waals surface area (Å²) in [6.07, 6.45) is 2.69. The molecule has 0 atom stereocenters. The first kappa shape index (κ1) is 16.0. The number of hydrogen-bond donors (Lipinski definition) is 2. The molecule has 0 aliphatic heterocycles. The summed E-state index contributed by atoms with van der Waals surface area (Å²) in [4.78, 5) is 20.5. The minimum Gasteiger partial charge on any atom is -0.369 e. The minimum atomic E-state index is 0.0522. The van der Waals surface area contributed by atoms with Crippen molar-refractivity contribution in [2.45, 2.75) is 46.0 Å². The maximum Gasteiger partial charge on any atom is 0.221 e. The van der Waals surface area contributed by atoms with E-state index in [1.165, 1.54) is 0 Å². The number of aromatic nitrogens is 2. The maximum atomic E-state index is 11.7. The molecule has 1 amide bonds. The standard InChI is InChI=1S/C15H23ClN4O/c1-9(2)8-18-12(21)6-7-17-14-10(3)13(16)19-15(20-14)11-4-5-11/h9,11H,4-8H2,1-3H3,(H,18,21)(H,17,19,20). The average Bonchev–Trinajstić information content (AvgIpc) is 3.25. The molecule has 0 aromatic carbocycles. The van der Waals surface area contributed by atoms with Crippen molar-refractivity contribution in [1.82, 2.24) is 15.3 Å². The van der Waals surface area contributed by atoms with Crippen LogP contribution in [-0.4, -0.2) is 29.0 Å². The Labute approximate surface area is 130 Å². The molecule has 1 aliphatic carbocycles. The highest BCUT2D eigenvalue weighted by Crippen LogP contribution is 2.39. The first-order valence-electron chi connectivity index (χ1n) is 7.52. The lowest BCUT2D eigenvalue weighted by atomic mass is 10.2. The minimum absolute atomic E-state index is 0.0522. The molecule has 21 heavy (non-hydrogen) atoms. The smallest absolute Gasteiger partial charge is 0.221 e. The number of anilines is 1. The molecule has 116 valence electrons. The molecule has 0 radical (unpaired) electrons. The molecular formula is C15H23ClN4O. The van der Waals surface area contributed by atoms with Gasteiger partial charge >= 0.3 is 0 Å². The van der Waals surface area contributed by atoms with E-state index >= 15 is 0 Å². The van der Waals surface area contributed by atoms with Gasteiger partial charge in [-0.1, -0.05) is 25.4 Å². The van der Waals surface area contributed by atoms with Gasteiger partial charge in [0.25, 0.3) is 0 Å². The number of hydrogen-bond acceptors (Lipinski definition) is 4. The van der Waals surface area contributed by atoms with Gasteiger partial charge in [-0.15, -0.1) is 0 Å². The highest BCUT2D eigenvalue weighted by atomic mass is 35.5. The number of amides is 1. The SMILES string of the molecule is Cc1c(Cl)nc(C2CC2)nc1NCCC(=O)NCC(C)C. The Morgan fingerprint density at radius 2 is 2.10 bits per heavy atom. The molecule has 2 N–H and O–H groups in total. The van der Waals surface area contributed by atoms with E-state index in [2.05, 4.69) is 34.4 Å². The van der Waals surface area contributed by atoms with E-state index in [-0.39, 0.29) is 5.91 Å². The second-order valence-electron chi connectivity index (χ2n) is 6.00. The fourth-order valence-corrected chi connectivity index (χ4v) is 2.08. The molecule has 0 bridgehead atoms. The molecule has 1 fully saturated rings. The number of nitrogens with zero attached hydrogens (tertiary/aromatic N) is 2. The van der Waals surface area contributed by atoms with Crippen molar-refractivity contribution in [3.05, 3.63) is 16.5 Å². The number of carbonyl (C=O) groups is 1. The first-order valence-corrected chi connectivity index (χ1v) is 7.89. The fourth-order valence-electron chi connectivity index (χ4n) is 1.90. The second-order valence-corrected chi connectivity index (χ2v) is 6.35. The van der Waals surface area contributed by atoms with E-state index in [1.807, 2.05) is 6.92 Å². The summed E-state index contributed by atoms with van der Waals surface area (Å²) >= 11 is 6.15. The van der Waals surface area contributed by atoms with Crippen LogP contribution in [0.1, 0.15) is 50.4 Å². The van der Waals surface area contributed by atoms with Gasteiger partial charge in [0.15, 0.2) is 0 Å². The van der Waals surface area contributed by atoms with Crippen molar-refractivity contribution in [1.29, 1.82) is 0 Å². The maximum absolute atomic E-state index is 11.7. The van der Waals surface area contributed by atoms with Crippen LogP contribution < -0.4 is 10.6 Å². The Hall–Kier alpha value is -1.36. The van der Waals surface area contributed by atoms with Crippen LogP contribution in [0.25, 0.3) is 0 Å². The van der Waals surface area contributed by atoms with Crippen LogP contribution in [0.15, 0.2) is 0 Å². The van der Waals surface area contributed by atoms with Crippen molar-refractivity contribution in [2.24, 2.45) is 5.92 Å². The van der Waals surface area contributed by atoms with Gasteiger partial charge in [-0.25, -0.2) is 9.97 Å². The third kappa shape index (κ3) is 4.84. The summed E-state index contributed by atoms with van der Waals surface area (Å²) in [6.45, 7) is 7.29. The normalized spacial score (nSPS) is 14.3. The molecule has 6 heteroatoms. The van der Waals surface area contributed by atoms with Crippen molar-refractivity contribution in [2.75, 3.05) is 18.4 Å². The van der Waals surface area contributed by atoms with Crippen molar-refractivity contribution in [3.8, 4) is 0 Å². The largest absolute Gasteiger partial charge is 0.369 e. The second kappa shape index (κ2) is 7.07. The van der Waals surface area contributed by atoms with E-state index in [9.17, 15) is 4.79 Å². The zero-order chi connectivity index (χ0) is 15.4. The van der Waals surface area contributed by atoms with Gasteiger partial charge in [-0.3, -0.25) is 4.79 Å². The van der Waals surface area contributed by atoms with E-state index in [0.717, 1.165) is 30.0 Å². The summed E-state index contributed by atoms with van der Waals surface area (Å²) < 4.78 is 0. The lowest BCUT2D eigenvalue weighted by molar-refractivity contribution is -0.120. The van der Waals surface area contributed by atoms with Gasteiger partial charge in [0, 0.05) is 31.0 Å². The molecule has 0 spiro atoms. The van der Waals surface area contributed by atoms with E-state index in [0.29, 0.717) is 36.5 Å². The van der Waals surface area contributed by atoms with E-state index in [4.69, 9.17) is 11.6 Å². The quantitative estimate of drug-likeness (QED) is 0.760. The van der Waals surface area contributed by atoms with Crippen LogP contribution in [0.3, 0.4) is 0 Å². The van der Waals surface area contributed by atoms with Gasteiger partial charge in [0.05, 0.1) is 0 Å². The third-order valence-corrected chi connectivity index (χ3v) is 3.77. The van der Waals surface area contributed by atoms with Gasteiger partial charge in [0.2, 0.25) is 5.91 Å². The molecule has 0 saturated heterocycles. The Balaban J connectivity index is 1.86. The molecule has 2 rings (SSSR count). The van der Waals surface area contributed by atoms with Crippen molar-refractivity contribution < 1.29 is 4.79 Å². The molecule has 1 aromatic rings. The van der Waals surface area contributed by atoms with Gasteiger partial charge in [0.1, 0.15) is 16.8 Å². The molecule has 1 heterocycles. The lowest BCUT2D eigenvalue weighted by Crippen LogP contribution is -2.28. The highest BCUT2D eigenvalue weighted by molar-refractivity contribution is 6.30. The topological polar surface area (TPSA) is 66.9 Å². The molecular weight excluding hydrogens is 288 g/mol. The summed E-state index contributed by atoms with van der Waals surface area (Å²) in [5, 5.41) is 6.59. The molecule has 0 unspecified atom stereocenters. The summed E-state index contributed by atoms with van der Waals surface area (Å²) in [6, 6.07) is 0. The predicted octanol–water partition coefficient (Wildman–Crippen LogP) is 2.89. The van der Waals surface area contributed by atoms with Gasteiger partial charge in [-0.05, 0) is 25.7 Å². The molecule has 1 saturated carbocycles. The molecule has 1 aliphatic rings. The zero-order valence-electron chi connectivity index (χ0n) is 12.9. The zero-order valence-corrected chi connectivity index (χ0v) is 13.6. The summed E-state index contributed by atoms with van der Waals surface area (Å²) in [5.41, 5.74) is 0.837. The molecule has 1 aromatic heterocycles. The average molecular weight is 311 g/mol. The Bertz CT molecular complexity index is 515. The van der Waals surface area contributed by atoms with Crippen LogP contribution in [0.5, 0.6) is 0 Å². The summed E-state index contributed by atoms with van der Waals surface area (Å²) in [7, 11) is 0. The van der Waals surface area contributed by atoms with Crippen LogP contribution in [0.4, 0.5) is 5.82 Å². The van der Waals surface area contributed by atoms with Gasteiger partial charge < -0.3 is 10.6 Å². The van der Waals surface area contributed by atoms with E-state index < -0.39 is 0 Å². The molecule has 5 nitrogen and oxygen atoms in total. The van der Waals surface area contributed by atoms with Crippen LogP contribution in [0.2, 0.25) is 5.15 Å². The Morgan fingerprint density at radius 3 is 2.71 bits per heavy atom. The fraction of sp³-hybridized carbons (Fsp3) is 0.667.